The molecule has 3 aromatic rings. The number of aromatic amines is 1. The molecule has 190 valence electrons. The van der Waals surface area contributed by atoms with Crippen molar-refractivity contribution in [3.8, 4) is 23.3 Å². The lowest BCUT2D eigenvalue weighted by atomic mass is 10.0. The van der Waals surface area contributed by atoms with E-state index in [-0.39, 0.29) is 11.3 Å². The van der Waals surface area contributed by atoms with Crippen molar-refractivity contribution in [3.05, 3.63) is 70.0 Å². The van der Waals surface area contributed by atoms with Gasteiger partial charge in [-0.05, 0) is 68.2 Å². The zero-order valence-electron chi connectivity index (χ0n) is 20.8. The molecule has 4 rings (SSSR count). The van der Waals surface area contributed by atoms with E-state index in [1.807, 2.05) is 12.1 Å². The number of benzene rings is 2. The van der Waals surface area contributed by atoms with Gasteiger partial charge in [-0.2, -0.15) is 0 Å². The lowest BCUT2D eigenvalue weighted by Crippen LogP contribution is -2.33. The molecule has 4 N–H and O–H groups in total. The van der Waals surface area contributed by atoms with Crippen LogP contribution in [0.3, 0.4) is 0 Å². The number of hydrogen-bond acceptors (Lipinski definition) is 6. The van der Waals surface area contributed by atoms with Crippen LogP contribution < -0.4 is 15.6 Å². The highest BCUT2D eigenvalue weighted by molar-refractivity contribution is 5.87. The number of aliphatic hydroxyl groups excluding tert-OH is 1. The van der Waals surface area contributed by atoms with Gasteiger partial charge in [-0.25, -0.2) is 0 Å². The van der Waals surface area contributed by atoms with Gasteiger partial charge in [-0.3, -0.25) is 4.79 Å². The Kier molecular flexibility index (Phi) is 9.01. The second kappa shape index (κ2) is 12.6. The number of ether oxygens (including phenoxy) is 1. The van der Waals surface area contributed by atoms with Gasteiger partial charge in [-0.15, -0.1) is 11.8 Å². The molecule has 7 heteroatoms. The molecule has 1 unspecified atom stereocenters. The average molecular weight is 490 g/mol. The van der Waals surface area contributed by atoms with Crippen molar-refractivity contribution in [1.29, 1.82) is 0 Å². The maximum Gasteiger partial charge on any atom is 0.248 e. The fraction of sp³-hybridized carbons (Fsp3) is 0.414. The molecule has 0 saturated carbocycles. The number of nitrogens with zero attached hydrogens (tertiary/aromatic N) is 1. The van der Waals surface area contributed by atoms with E-state index in [0.29, 0.717) is 42.2 Å². The van der Waals surface area contributed by atoms with Crippen LogP contribution in [0.1, 0.15) is 42.9 Å². The molecule has 0 bridgehead atoms. The third-order valence-corrected chi connectivity index (χ3v) is 6.73. The van der Waals surface area contributed by atoms with Gasteiger partial charge in [-0.1, -0.05) is 18.2 Å². The molecular formula is C29H35N3O4. The van der Waals surface area contributed by atoms with E-state index in [9.17, 15) is 15.0 Å². The van der Waals surface area contributed by atoms with Crippen molar-refractivity contribution in [3.63, 3.8) is 0 Å². The second-order valence-corrected chi connectivity index (χ2v) is 9.33. The molecule has 7 nitrogen and oxygen atoms in total. The van der Waals surface area contributed by atoms with Gasteiger partial charge in [0.15, 0.2) is 0 Å². The summed E-state index contributed by atoms with van der Waals surface area (Å²) in [6.07, 6.45) is 4.19. The Morgan fingerprint density at radius 3 is 2.78 bits per heavy atom. The van der Waals surface area contributed by atoms with Crippen LogP contribution in [0.25, 0.3) is 10.9 Å². The summed E-state index contributed by atoms with van der Waals surface area (Å²) < 4.78 is 5.91. The molecule has 2 atom stereocenters. The van der Waals surface area contributed by atoms with Gasteiger partial charge in [0.05, 0.1) is 18.2 Å². The Bertz CT molecular complexity index is 1260. The summed E-state index contributed by atoms with van der Waals surface area (Å²) in [6, 6.07) is 14.9. The topological polar surface area (TPSA) is 97.8 Å². The Morgan fingerprint density at radius 2 is 2.00 bits per heavy atom. The summed E-state index contributed by atoms with van der Waals surface area (Å²) >= 11 is 0. The average Bonchev–Trinajstić information content (AvgIpc) is 2.90. The van der Waals surface area contributed by atoms with Crippen LogP contribution in [0.2, 0.25) is 0 Å². The highest BCUT2D eigenvalue weighted by atomic mass is 16.5. The van der Waals surface area contributed by atoms with Crippen LogP contribution in [0.15, 0.2) is 53.3 Å². The number of H-pyrrole nitrogens is 1. The van der Waals surface area contributed by atoms with E-state index in [0.717, 1.165) is 44.4 Å². The summed E-state index contributed by atoms with van der Waals surface area (Å²) in [6.45, 7) is 2.78. The Balaban J connectivity index is 1.16. The molecule has 1 aliphatic carbocycles. The summed E-state index contributed by atoms with van der Waals surface area (Å²) in [5.41, 5.74) is 1.89. The standard InChI is InChI=1S/C29H35N3O4/c1-32(22-6-3-2-4-7-22)18-5-19-36-23-10-8-21(9-11-23)16-17-30-20-27(34)24-12-14-26(33)29-25(24)13-15-28(35)31-29/h8-15,22,27,30,33-34H,3,5-7,16-20H2,1H3,(H,31,35)/t22?,27-/m0/s1. The maximum absolute atomic E-state index is 11.6. The number of nitrogens with one attached hydrogen (secondary N) is 2. The fourth-order valence-corrected chi connectivity index (χ4v) is 4.57. The first kappa shape index (κ1) is 25.8. The van der Waals surface area contributed by atoms with E-state index < -0.39 is 6.10 Å². The van der Waals surface area contributed by atoms with Gasteiger partial charge in [0.2, 0.25) is 5.56 Å². The molecule has 36 heavy (non-hydrogen) atoms. The lowest BCUT2D eigenvalue weighted by molar-refractivity contribution is 0.176. The van der Waals surface area contributed by atoms with E-state index in [4.69, 9.17) is 4.74 Å². The zero-order chi connectivity index (χ0) is 25.3. The summed E-state index contributed by atoms with van der Waals surface area (Å²) in [5.74, 6) is 7.25. The maximum atomic E-state index is 11.6. The molecule has 1 aromatic heterocycles. The minimum absolute atomic E-state index is 0.0128. The van der Waals surface area contributed by atoms with Crippen LogP contribution in [-0.2, 0) is 6.42 Å². The van der Waals surface area contributed by atoms with Crippen molar-refractivity contribution in [2.45, 2.75) is 44.2 Å². The van der Waals surface area contributed by atoms with Crippen LogP contribution in [0.5, 0.6) is 11.5 Å². The van der Waals surface area contributed by atoms with E-state index in [1.54, 1.807) is 12.1 Å². The molecule has 0 amide bonds. The Labute approximate surface area is 212 Å². The quantitative estimate of drug-likeness (QED) is 0.230. The predicted molar refractivity (Wildman–Crippen MR) is 142 cm³/mol. The molecule has 0 spiro atoms. The van der Waals surface area contributed by atoms with Gasteiger partial charge in [0, 0.05) is 43.4 Å². The highest BCUT2D eigenvalue weighted by Gasteiger charge is 2.15. The SMILES string of the molecule is CN(CCCOc1ccc(CCNC[C@H](O)c2ccc(O)c3[nH]c(=O)ccc23)cc1)C1CC#CCC1. The molecule has 0 fully saturated rings. The normalized spacial score (nSPS) is 16.0. The van der Waals surface area contributed by atoms with E-state index in [1.165, 1.54) is 17.7 Å². The van der Waals surface area contributed by atoms with Crippen molar-refractivity contribution >= 4 is 10.9 Å². The molecule has 0 aliphatic heterocycles. The number of aromatic hydroxyl groups is 1. The third-order valence-electron chi connectivity index (χ3n) is 6.73. The number of fused-ring (bicyclic) bond motifs is 1. The van der Waals surface area contributed by atoms with Crippen molar-refractivity contribution in [1.82, 2.24) is 15.2 Å². The molecule has 2 aromatic carbocycles. The Morgan fingerprint density at radius 1 is 1.17 bits per heavy atom. The monoisotopic (exact) mass is 489 g/mol. The minimum Gasteiger partial charge on any atom is -0.506 e. The third kappa shape index (κ3) is 6.88. The minimum atomic E-state index is -0.764. The number of aromatic nitrogens is 1. The van der Waals surface area contributed by atoms with Crippen LogP contribution in [-0.4, -0.2) is 59.4 Å². The molecule has 1 heterocycles. The number of phenolic OH excluding ortho intramolecular Hbond substituents is 1. The van der Waals surface area contributed by atoms with Crippen LogP contribution in [0.4, 0.5) is 0 Å². The molecule has 0 saturated heterocycles. The number of rotatable bonds is 12. The lowest BCUT2D eigenvalue weighted by Gasteiger charge is -2.27. The van der Waals surface area contributed by atoms with Crippen molar-refractivity contribution < 1.29 is 14.9 Å². The van der Waals surface area contributed by atoms with Gasteiger partial charge < -0.3 is 30.2 Å². The van der Waals surface area contributed by atoms with E-state index >= 15 is 0 Å². The first-order valence-corrected chi connectivity index (χ1v) is 12.6. The van der Waals surface area contributed by atoms with Gasteiger partial charge in [0.1, 0.15) is 11.5 Å². The first-order chi connectivity index (χ1) is 17.5. The number of hydrogen-bond donors (Lipinski definition) is 4. The predicted octanol–water partition coefficient (Wildman–Crippen LogP) is 3.36. The van der Waals surface area contributed by atoms with Crippen LogP contribution in [0, 0.1) is 11.8 Å². The molecule has 1 aliphatic rings. The fourth-order valence-electron chi connectivity index (χ4n) is 4.57. The van der Waals surface area contributed by atoms with Crippen molar-refractivity contribution in [2.75, 3.05) is 33.3 Å². The molecule has 0 radical (unpaired) electrons. The molecular weight excluding hydrogens is 454 g/mol. The first-order valence-electron chi connectivity index (χ1n) is 12.6. The Hall–Kier alpha value is -3.31. The number of pyridine rings is 1. The summed E-state index contributed by atoms with van der Waals surface area (Å²) in [4.78, 5) is 16.6. The highest BCUT2D eigenvalue weighted by Crippen LogP contribution is 2.28. The van der Waals surface area contributed by atoms with E-state index in [2.05, 4.69) is 46.2 Å². The second-order valence-electron chi connectivity index (χ2n) is 9.33. The van der Waals surface area contributed by atoms with Crippen molar-refractivity contribution in [2.24, 2.45) is 0 Å². The number of aliphatic hydroxyl groups is 1. The number of phenols is 1. The smallest absolute Gasteiger partial charge is 0.248 e. The van der Waals surface area contributed by atoms with Gasteiger partial charge >= 0.3 is 0 Å². The largest absolute Gasteiger partial charge is 0.506 e. The van der Waals surface area contributed by atoms with Crippen LogP contribution >= 0.6 is 0 Å². The van der Waals surface area contributed by atoms with Gasteiger partial charge in [0.25, 0.3) is 0 Å². The zero-order valence-corrected chi connectivity index (χ0v) is 20.8. The summed E-state index contributed by atoms with van der Waals surface area (Å²) in [7, 11) is 2.18. The summed E-state index contributed by atoms with van der Waals surface area (Å²) in [5, 5.41) is 24.6.